The maximum absolute atomic E-state index is 2.34. The molecule has 0 saturated heterocycles. The summed E-state index contributed by atoms with van der Waals surface area (Å²) in [5, 5.41) is 0. The van der Waals surface area contributed by atoms with Gasteiger partial charge in [0, 0.05) is 0 Å². The van der Waals surface area contributed by atoms with Gasteiger partial charge in [-0.2, -0.15) is 0 Å². The highest BCUT2D eigenvalue weighted by Gasteiger charge is 2.15. The Morgan fingerprint density at radius 3 is 1.38 bits per heavy atom. The van der Waals surface area contributed by atoms with Crippen LogP contribution in [0.5, 0.6) is 0 Å². The van der Waals surface area contributed by atoms with Crippen LogP contribution in [-0.2, 0) is 0 Å². The molecule has 0 bridgehead atoms. The summed E-state index contributed by atoms with van der Waals surface area (Å²) in [5.41, 5.74) is 7.94. The number of benzene rings is 4. The molecule has 0 saturated carbocycles. The van der Waals surface area contributed by atoms with Gasteiger partial charge in [-0.25, -0.2) is 0 Å². The Morgan fingerprint density at radius 1 is 0.462 bits per heavy atom. The molecule has 0 aliphatic heterocycles. The summed E-state index contributed by atoms with van der Waals surface area (Å²) in [6.07, 6.45) is 0. The molecule has 4 rings (SSSR count). The van der Waals surface area contributed by atoms with Gasteiger partial charge in [0.05, 0.1) is 0 Å². The zero-order valence-corrected chi connectivity index (χ0v) is 16.0. The summed E-state index contributed by atoms with van der Waals surface area (Å²) < 4.78 is 1.49. The van der Waals surface area contributed by atoms with Crippen LogP contribution in [-0.4, -0.2) is 15.2 Å². The van der Waals surface area contributed by atoms with Crippen molar-refractivity contribution < 1.29 is 0 Å². The van der Waals surface area contributed by atoms with Gasteiger partial charge in [0.15, 0.2) is 0 Å². The molecule has 26 heavy (non-hydrogen) atoms. The van der Waals surface area contributed by atoms with E-state index in [-0.39, 0.29) is 15.2 Å². The van der Waals surface area contributed by atoms with E-state index >= 15 is 0 Å². The lowest BCUT2D eigenvalue weighted by molar-refractivity contribution is 1.58. The summed E-state index contributed by atoms with van der Waals surface area (Å²) >= 11 is 0.170. The fourth-order valence-electron chi connectivity index (χ4n) is 3.56. The summed E-state index contributed by atoms with van der Waals surface area (Å²) in [6, 6.07) is 36.9. The van der Waals surface area contributed by atoms with Crippen molar-refractivity contribution in [3.8, 4) is 33.4 Å². The van der Waals surface area contributed by atoms with E-state index in [1.54, 1.807) is 0 Å². The summed E-state index contributed by atoms with van der Waals surface area (Å²) in [6.45, 7) is 0. The minimum Gasteiger partial charge on any atom is -0.110 e. The molecule has 0 spiro atoms. The van der Waals surface area contributed by atoms with E-state index < -0.39 is 0 Å². The van der Waals surface area contributed by atoms with Gasteiger partial charge in [0.2, 0.25) is 15.2 Å². The Balaban J connectivity index is 2.03. The molecule has 0 fully saturated rings. The average Bonchev–Trinajstić information content (AvgIpc) is 2.74. The minimum absolute atomic E-state index is 0.170. The zero-order chi connectivity index (χ0) is 17.8. The third kappa shape index (κ3) is 3.25. The predicted octanol–water partition coefficient (Wildman–Crippen LogP) is 6.07. The Labute approximate surface area is 161 Å². The summed E-state index contributed by atoms with van der Waals surface area (Å²) in [7, 11) is 0. The highest BCUT2D eigenvalue weighted by Crippen LogP contribution is 2.34. The molecular weight excluding hydrogens is 327 g/mol. The summed E-state index contributed by atoms with van der Waals surface area (Å²) in [5.74, 6) is 2.34. The molecular formula is C25H20Al. The molecule has 4 aromatic rings. The molecule has 0 N–H and O–H groups in total. The molecule has 0 heterocycles. The number of hydrogen-bond donors (Lipinski definition) is 0. The van der Waals surface area contributed by atoms with Gasteiger partial charge in [-0.15, -0.1) is 10.2 Å². The quantitative estimate of drug-likeness (QED) is 0.393. The first-order chi connectivity index (χ1) is 12.9. The highest BCUT2D eigenvalue weighted by atomic mass is 27.1. The Hall–Kier alpha value is -2.59. The Bertz CT molecular complexity index is 990. The molecule has 0 nitrogen and oxygen atoms in total. The van der Waals surface area contributed by atoms with Crippen LogP contribution >= 0.6 is 0 Å². The van der Waals surface area contributed by atoms with E-state index in [1.165, 1.54) is 37.8 Å². The first-order valence-corrected chi connectivity index (χ1v) is 10.7. The van der Waals surface area contributed by atoms with Crippen molar-refractivity contribution in [1.29, 1.82) is 0 Å². The fourth-order valence-corrected chi connectivity index (χ4v) is 4.75. The van der Waals surface area contributed by atoms with Crippen LogP contribution in [0.4, 0.5) is 0 Å². The van der Waals surface area contributed by atoms with E-state index in [1.807, 2.05) is 0 Å². The van der Waals surface area contributed by atoms with Gasteiger partial charge in [0.25, 0.3) is 0 Å². The van der Waals surface area contributed by atoms with Crippen LogP contribution in [0.2, 0.25) is 5.79 Å². The second-order valence-corrected chi connectivity index (χ2v) is 7.49. The van der Waals surface area contributed by atoms with E-state index in [4.69, 9.17) is 0 Å². The Kier molecular flexibility index (Phi) is 5.03. The summed E-state index contributed by atoms with van der Waals surface area (Å²) in [4.78, 5) is 0. The lowest BCUT2D eigenvalue weighted by Gasteiger charge is -2.19. The maximum atomic E-state index is 2.34. The normalized spacial score (nSPS) is 10.5. The van der Waals surface area contributed by atoms with Crippen molar-refractivity contribution >= 4 is 19.6 Å². The molecule has 0 unspecified atom stereocenters. The van der Waals surface area contributed by atoms with E-state index in [2.05, 4.69) is 109 Å². The van der Waals surface area contributed by atoms with Crippen LogP contribution < -0.4 is 4.43 Å². The smallest absolute Gasteiger partial charge is 0.110 e. The van der Waals surface area contributed by atoms with E-state index in [0.29, 0.717) is 0 Å². The molecule has 0 aromatic heterocycles. The molecule has 1 radical (unpaired) electrons. The highest BCUT2D eigenvalue weighted by molar-refractivity contribution is 6.57. The van der Waals surface area contributed by atoms with Crippen LogP contribution in [0, 0.1) is 0 Å². The topological polar surface area (TPSA) is 0 Å². The first kappa shape index (κ1) is 16.9. The average molecular weight is 347 g/mol. The number of hydrogen-bond acceptors (Lipinski definition) is 0. The van der Waals surface area contributed by atoms with Crippen molar-refractivity contribution in [1.82, 2.24) is 0 Å². The van der Waals surface area contributed by atoms with Gasteiger partial charge in [-0.1, -0.05) is 103 Å². The molecule has 0 amide bonds. The number of rotatable bonds is 4. The first-order valence-electron chi connectivity index (χ1n) is 9.01. The van der Waals surface area contributed by atoms with Gasteiger partial charge in [-0.05, 0) is 33.4 Å². The van der Waals surface area contributed by atoms with Crippen molar-refractivity contribution in [2.75, 3.05) is 0 Å². The lowest BCUT2D eigenvalue weighted by Crippen LogP contribution is -2.18. The van der Waals surface area contributed by atoms with Crippen LogP contribution in [0.15, 0.2) is 103 Å². The largest absolute Gasteiger partial charge is 0.249 e. The Morgan fingerprint density at radius 2 is 0.885 bits per heavy atom. The third-order valence-electron chi connectivity index (χ3n) is 4.77. The van der Waals surface area contributed by atoms with Crippen molar-refractivity contribution in [3.63, 3.8) is 0 Å². The van der Waals surface area contributed by atoms with E-state index in [9.17, 15) is 0 Å². The molecule has 123 valence electrons. The van der Waals surface area contributed by atoms with Crippen LogP contribution in [0.1, 0.15) is 0 Å². The van der Waals surface area contributed by atoms with Crippen LogP contribution in [0.3, 0.4) is 0 Å². The fraction of sp³-hybridized carbons (Fsp3) is 0.0400. The molecule has 4 aromatic carbocycles. The zero-order valence-electron chi connectivity index (χ0n) is 14.9. The minimum atomic E-state index is 0.170. The van der Waals surface area contributed by atoms with Gasteiger partial charge in [0.1, 0.15) is 0 Å². The second-order valence-electron chi connectivity index (χ2n) is 6.34. The monoisotopic (exact) mass is 347 g/mol. The molecule has 0 aliphatic carbocycles. The third-order valence-corrected chi connectivity index (χ3v) is 5.94. The molecule has 1 heteroatoms. The predicted molar refractivity (Wildman–Crippen MR) is 114 cm³/mol. The van der Waals surface area contributed by atoms with Crippen molar-refractivity contribution in [3.05, 3.63) is 103 Å². The van der Waals surface area contributed by atoms with Gasteiger partial charge >= 0.3 is 0 Å². The standard InChI is InChI=1S/C24H17.CH3.Al/c1-4-10-19(11-5-1)22-16-17-23(20-12-6-2-7-13-20)24(18-22)21-14-8-3-9-15-21;;/h1-17H;1H3;. The van der Waals surface area contributed by atoms with Gasteiger partial charge < -0.3 is 0 Å². The van der Waals surface area contributed by atoms with Gasteiger partial charge in [-0.3, -0.25) is 0 Å². The maximum Gasteiger partial charge on any atom is 0.249 e. The SMILES string of the molecule is [CH3][Al][c]1c(-c2ccccc2)ccc(-c2ccccc2)c1-c1ccccc1. The van der Waals surface area contributed by atoms with Crippen molar-refractivity contribution in [2.45, 2.75) is 5.79 Å². The van der Waals surface area contributed by atoms with Crippen LogP contribution in [0.25, 0.3) is 33.4 Å². The molecule has 0 atom stereocenters. The van der Waals surface area contributed by atoms with E-state index in [0.717, 1.165) is 0 Å². The molecule has 0 aliphatic rings. The second kappa shape index (κ2) is 7.75. The van der Waals surface area contributed by atoms with Crippen molar-refractivity contribution in [2.24, 2.45) is 0 Å². The lowest BCUT2D eigenvalue weighted by atomic mass is 9.91.